The average molecular weight is 451 g/mol. The van der Waals surface area contributed by atoms with Gasteiger partial charge in [-0.25, -0.2) is 4.79 Å². The van der Waals surface area contributed by atoms with Crippen LogP contribution in [0.4, 0.5) is 16.2 Å². The lowest BCUT2D eigenvalue weighted by atomic mass is 9.87. The topological polar surface area (TPSA) is 87.9 Å². The Bertz CT molecular complexity index is 933. The highest BCUT2D eigenvalue weighted by molar-refractivity contribution is 5.95. The van der Waals surface area contributed by atoms with Gasteiger partial charge in [-0.15, -0.1) is 0 Å². The van der Waals surface area contributed by atoms with Gasteiger partial charge in [0.05, 0.1) is 6.61 Å². The van der Waals surface area contributed by atoms with Crippen LogP contribution >= 0.6 is 0 Å². The zero-order valence-corrected chi connectivity index (χ0v) is 19.2. The molecule has 0 aromatic heterocycles. The number of rotatable bonds is 6. The molecule has 0 spiro atoms. The van der Waals surface area contributed by atoms with E-state index in [0.717, 1.165) is 18.1 Å². The van der Waals surface area contributed by atoms with Crippen molar-refractivity contribution in [1.82, 2.24) is 9.80 Å². The van der Waals surface area contributed by atoms with E-state index in [2.05, 4.69) is 5.32 Å². The Balaban J connectivity index is 1.24. The fraction of sp³-hybridized carbons (Fsp3) is 0.462. The summed E-state index contributed by atoms with van der Waals surface area (Å²) in [5, 5.41) is 2.88. The van der Waals surface area contributed by atoms with E-state index >= 15 is 0 Å². The summed E-state index contributed by atoms with van der Waals surface area (Å²) < 4.78 is 5.96. The molecule has 7 heteroatoms. The number of nitrogens with one attached hydrogen (secondary N) is 1. The second-order valence-electron chi connectivity index (χ2n) is 9.00. The molecule has 33 heavy (non-hydrogen) atoms. The van der Waals surface area contributed by atoms with Crippen molar-refractivity contribution in [1.29, 1.82) is 0 Å². The molecule has 0 atom stereocenters. The minimum Gasteiger partial charge on any atom is -0.494 e. The Morgan fingerprint density at radius 1 is 0.939 bits per heavy atom. The first-order chi connectivity index (χ1) is 16.1. The van der Waals surface area contributed by atoms with Crippen molar-refractivity contribution in [2.24, 2.45) is 5.92 Å². The number of anilines is 2. The molecule has 3 N–H and O–H groups in total. The summed E-state index contributed by atoms with van der Waals surface area (Å²) in [6.45, 7) is 2.68. The Kier molecular flexibility index (Phi) is 7.70. The van der Waals surface area contributed by atoms with Gasteiger partial charge in [0.25, 0.3) is 5.91 Å². The van der Waals surface area contributed by atoms with Gasteiger partial charge in [0.15, 0.2) is 0 Å². The van der Waals surface area contributed by atoms with E-state index in [4.69, 9.17) is 10.5 Å². The Labute approximate surface area is 195 Å². The van der Waals surface area contributed by atoms with E-state index in [9.17, 15) is 9.59 Å². The number of hydrogen-bond acceptors (Lipinski definition) is 4. The molecule has 1 heterocycles. The molecule has 176 valence electrons. The number of nitrogens with zero attached hydrogens (tertiary/aromatic N) is 2. The summed E-state index contributed by atoms with van der Waals surface area (Å²) >= 11 is 0. The second-order valence-corrected chi connectivity index (χ2v) is 9.00. The molecule has 1 saturated carbocycles. The molecule has 2 fully saturated rings. The van der Waals surface area contributed by atoms with Crippen LogP contribution in [0.1, 0.15) is 48.9 Å². The van der Waals surface area contributed by atoms with Gasteiger partial charge in [-0.05, 0) is 54.8 Å². The zero-order chi connectivity index (χ0) is 23.0. The van der Waals surface area contributed by atoms with Gasteiger partial charge in [-0.1, -0.05) is 38.2 Å². The average Bonchev–Trinajstić information content (AvgIpc) is 2.86. The van der Waals surface area contributed by atoms with Crippen LogP contribution in [0, 0.1) is 5.92 Å². The molecule has 2 aromatic rings. The molecule has 3 amide bonds. The molecule has 1 aliphatic heterocycles. The van der Waals surface area contributed by atoms with E-state index in [1.807, 2.05) is 24.3 Å². The monoisotopic (exact) mass is 450 g/mol. The summed E-state index contributed by atoms with van der Waals surface area (Å²) in [6.07, 6.45) is 7.75. The summed E-state index contributed by atoms with van der Waals surface area (Å²) in [6, 6.07) is 14.3. The molecule has 0 bridgehead atoms. The normalized spacial score (nSPS) is 17.0. The Hall–Kier alpha value is -3.22. The molecule has 0 radical (unpaired) electrons. The molecule has 2 aliphatic rings. The van der Waals surface area contributed by atoms with Crippen molar-refractivity contribution in [3.8, 4) is 5.75 Å². The number of urea groups is 1. The van der Waals surface area contributed by atoms with Crippen molar-refractivity contribution in [2.45, 2.75) is 38.5 Å². The van der Waals surface area contributed by atoms with Gasteiger partial charge in [0.2, 0.25) is 0 Å². The van der Waals surface area contributed by atoms with Crippen molar-refractivity contribution < 1.29 is 14.3 Å². The first kappa shape index (κ1) is 23.0. The lowest BCUT2D eigenvalue weighted by molar-refractivity contribution is 0.0671. The van der Waals surface area contributed by atoms with Crippen LogP contribution in [-0.4, -0.2) is 54.5 Å². The minimum absolute atomic E-state index is 0.0219. The first-order valence-corrected chi connectivity index (χ1v) is 12.0. The van der Waals surface area contributed by atoms with Crippen LogP contribution in [0.3, 0.4) is 0 Å². The lowest BCUT2D eigenvalue weighted by Gasteiger charge is -2.34. The fourth-order valence-electron chi connectivity index (χ4n) is 4.60. The standard InChI is InChI=1S/C26H34N4O3/c27-22-9-11-23(12-10-22)28-26(32)30-16-14-29(15-17-30)25(31)21-7-4-8-24(19-21)33-18-13-20-5-2-1-3-6-20/h4,7-12,19-20H,1-3,5-6,13-18,27H2,(H,28,32). The summed E-state index contributed by atoms with van der Waals surface area (Å²) in [4.78, 5) is 29.1. The zero-order valence-electron chi connectivity index (χ0n) is 19.2. The predicted octanol–water partition coefficient (Wildman–Crippen LogP) is 4.61. The molecule has 0 unspecified atom stereocenters. The number of ether oxygens (including phenoxy) is 1. The van der Waals surface area contributed by atoms with Crippen molar-refractivity contribution in [3.05, 3.63) is 54.1 Å². The Morgan fingerprint density at radius 3 is 2.36 bits per heavy atom. The number of nitrogens with two attached hydrogens (primary N) is 1. The van der Waals surface area contributed by atoms with Crippen LogP contribution in [0.25, 0.3) is 0 Å². The SMILES string of the molecule is Nc1ccc(NC(=O)N2CCN(C(=O)c3cccc(OCCC4CCCCC4)c3)CC2)cc1. The van der Waals surface area contributed by atoms with Crippen LogP contribution < -0.4 is 15.8 Å². The van der Waals surface area contributed by atoms with E-state index in [1.165, 1.54) is 32.1 Å². The number of carbonyl (C=O) groups is 2. The number of carbonyl (C=O) groups excluding carboxylic acids is 2. The third-order valence-corrected chi connectivity index (χ3v) is 6.62. The molecular weight excluding hydrogens is 416 g/mol. The molecular formula is C26H34N4O3. The third-order valence-electron chi connectivity index (χ3n) is 6.62. The van der Waals surface area contributed by atoms with Crippen molar-refractivity contribution in [3.63, 3.8) is 0 Å². The van der Waals surface area contributed by atoms with Crippen LogP contribution in [0.2, 0.25) is 0 Å². The highest BCUT2D eigenvalue weighted by atomic mass is 16.5. The highest BCUT2D eigenvalue weighted by Gasteiger charge is 2.25. The fourth-order valence-corrected chi connectivity index (χ4v) is 4.60. The van der Waals surface area contributed by atoms with Crippen LogP contribution in [0.15, 0.2) is 48.5 Å². The summed E-state index contributed by atoms with van der Waals surface area (Å²) in [5.74, 6) is 1.50. The lowest BCUT2D eigenvalue weighted by Crippen LogP contribution is -2.51. The number of hydrogen-bond donors (Lipinski definition) is 2. The van der Waals surface area contributed by atoms with E-state index in [0.29, 0.717) is 49.7 Å². The smallest absolute Gasteiger partial charge is 0.321 e. The number of amides is 3. The van der Waals surface area contributed by atoms with Crippen LogP contribution in [0.5, 0.6) is 5.75 Å². The van der Waals surface area contributed by atoms with Gasteiger partial charge < -0.3 is 25.6 Å². The minimum atomic E-state index is -0.166. The molecule has 4 rings (SSSR count). The second kappa shape index (κ2) is 11.1. The van der Waals surface area contributed by atoms with E-state index in [1.54, 1.807) is 34.1 Å². The predicted molar refractivity (Wildman–Crippen MR) is 130 cm³/mol. The van der Waals surface area contributed by atoms with Gasteiger partial charge in [-0.2, -0.15) is 0 Å². The maximum atomic E-state index is 13.0. The van der Waals surface area contributed by atoms with Gasteiger partial charge in [-0.3, -0.25) is 4.79 Å². The molecule has 1 aliphatic carbocycles. The number of piperazine rings is 1. The highest BCUT2D eigenvalue weighted by Crippen LogP contribution is 2.26. The molecule has 2 aromatic carbocycles. The van der Waals surface area contributed by atoms with E-state index < -0.39 is 0 Å². The Morgan fingerprint density at radius 2 is 1.64 bits per heavy atom. The number of benzene rings is 2. The summed E-state index contributed by atoms with van der Waals surface area (Å²) in [7, 11) is 0. The largest absolute Gasteiger partial charge is 0.494 e. The quantitative estimate of drug-likeness (QED) is 0.629. The maximum absolute atomic E-state index is 13.0. The van der Waals surface area contributed by atoms with Crippen molar-refractivity contribution >= 4 is 23.3 Å². The third kappa shape index (κ3) is 6.40. The van der Waals surface area contributed by atoms with Gasteiger partial charge in [0, 0.05) is 43.1 Å². The van der Waals surface area contributed by atoms with Gasteiger partial charge in [0.1, 0.15) is 5.75 Å². The maximum Gasteiger partial charge on any atom is 0.321 e. The van der Waals surface area contributed by atoms with Crippen LogP contribution in [-0.2, 0) is 0 Å². The summed E-state index contributed by atoms with van der Waals surface area (Å²) in [5.41, 5.74) is 7.67. The molecule has 1 saturated heterocycles. The number of nitrogen functional groups attached to an aromatic ring is 1. The van der Waals surface area contributed by atoms with Crippen molar-refractivity contribution in [2.75, 3.05) is 43.8 Å². The van der Waals surface area contributed by atoms with E-state index in [-0.39, 0.29) is 11.9 Å². The molecule has 7 nitrogen and oxygen atoms in total. The van der Waals surface area contributed by atoms with Gasteiger partial charge >= 0.3 is 6.03 Å². The first-order valence-electron chi connectivity index (χ1n) is 12.0.